The van der Waals surface area contributed by atoms with Crippen molar-refractivity contribution in [2.75, 3.05) is 0 Å². The summed E-state index contributed by atoms with van der Waals surface area (Å²) >= 11 is 0. The van der Waals surface area contributed by atoms with E-state index < -0.39 is 11.8 Å². The predicted octanol–water partition coefficient (Wildman–Crippen LogP) is 1.85. The molecule has 4 nitrogen and oxygen atoms in total. The van der Waals surface area contributed by atoms with Crippen molar-refractivity contribution in [1.82, 2.24) is 4.90 Å². The van der Waals surface area contributed by atoms with E-state index in [0.29, 0.717) is 6.54 Å². The first-order chi connectivity index (χ1) is 8.84. The van der Waals surface area contributed by atoms with Gasteiger partial charge >= 0.3 is 11.8 Å². The van der Waals surface area contributed by atoms with Crippen molar-refractivity contribution in [1.29, 1.82) is 0 Å². The highest BCUT2D eigenvalue weighted by Gasteiger charge is 2.26. The zero-order valence-corrected chi connectivity index (χ0v) is 12.0. The molecule has 0 radical (unpaired) electrons. The van der Waals surface area contributed by atoms with Gasteiger partial charge in [0.25, 0.3) is 0 Å². The van der Waals surface area contributed by atoms with Gasteiger partial charge in [0.15, 0.2) is 0 Å². The monoisotopic (exact) mass is 262 g/mol. The summed E-state index contributed by atoms with van der Waals surface area (Å²) in [6.45, 7) is 8.37. The van der Waals surface area contributed by atoms with E-state index in [2.05, 4.69) is 0 Å². The largest absolute Gasteiger partial charge is 0.361 e. The van der Waals surface area contributed by atoms with Crippen molar-refractivity contribution in [3.8, 4) is 0 Å². The number of hydrogen-bond acceptors (Lipinski definition) is 2. The fraction of sp³-hybridized carbons (Fsp3) is 0.467. The number of primary amides is 1. The summed E-state index contributed by atoms with van der Waals surface area (Å²) in [7, 11) is 0. The quantitative estimate of drug-likeness (QED) is 0.842. The average molecular weight is 262 g/mol. The molecule has 2 amide bonds. The molecule has 1 aromatic carbocycles. The van der Waals surface area contributed by atoms with Gasteiger partial charge in [0, 0.05) is 12.6 Å². The number of nitrogens with two attached hydrogens (primary N) is 1. The van der Waals surface area contributed by atoms with Gasteiger partial charge in [0.2, 0.25) is 0 Å². The molecule has 1 rings (SSSR count). The summed E-state index contributed by atoms with van der Waals surface area (Å²) in [6.07, 6.45) is 0. The van der Waals surface area contributed by atoms with Crippen molar-refractivity contribution >= 4 is 11.8 Å². The first-order valence-corrected chi connectivity index (χ1v) is 6.49. The Labute approximate surface area is 114 Å². The third-order valence-corrected chi connectivity index (χ3v) is 3.53. The second-order valence-corrected chi connectivity index (χ2v) is 5.21. The van der Waals surface area contributed by atoms with Crippen molar-refractivity contribution in [2.24, 2.45) is 11.7 Å². The molecule has 0 aromatic heterocycles. The summed E-state index contributed by atoms with van der Waals surface area (Å²) in [5.41, 5.74) is 7.27. The summed E-state index contributed by atoms with van der Waals surface area (Å²) in [6, 6.07) is 7.78. The highest BCUT2D eigenvalue weighted by atomic mass is 16.2. The van der Waals surface area contributed by atoms with Gasteiger partial charge in [-0.2, -0.15) is 0 Å². The minimum atomic E-state index is -0.902. The van der Waals surface area contributed by atoms with Crippen LogP contribution in [0.5, 0.6) is 0 Å². The van der Waals surface area contributed by atoms with Gasteiger partial charge in [0.1, 0.15) is 0 Å². The topological polar surface area (TPSA) is 63.4 Å². The highest BCUT2D eigenvalue weighted by molar-refractivity contribution is 6.34. The Bertz CT molecular complexity index is 469. The zero-order chi connectivity index (χ0) is 14.6. The average Bonchev–Trinajstić information content (AvgIpc) is 2.36. The van der Waals surface area contributed by atoms with E-state index in [4.69, 9.17) is 5.73 Å². The van der Waals surface area contributed by atoms with Crippen LogP contribution in [0.3, 0.4) is 0 Å². The molecule has 0 saturated carbocycles. The molecule has 0 bridgehead atoms. The molecule has 2 N–H and O–H groups in total. The van der Waals surface area contributed by atoms with Crippen LogP contribution >= 0.6 is 0 Å². The predicted molar refractivity (Wildman–Crippen MR) is 75.2 cm³/mol. The maximum absolute atomic E-state index is 12.0. The van der Waals surface area contributed by atoms with Crippen molar-refractivity contribution in [2.45, 2.75) is 40.3 Å². The Balaban J connectivity index is 3.02. The Morgan fingerprint density at radius 3 is 2.26 bits per heavy atom. The van der Waals surface area contributed by atoms with Crippen LogP contribution in [0.25, 0.3) is 0 Å². The maximum Gasteiger partial charge on any atom is 0.312 e. The molecule has 0 fully saturated rings. The van der Waals surface area contributed by atoms with Crippen LogP contribution in [-0.2, 0) is 16.1 Å². The number of nitrogens with zero attached hydrogens (tertiary/aromatic N) is 1. The number of aryl methyl sites for hydroxylation is 1. The Morgan fingerprint density at radius 2 is 1.79 bits per heavy atom. The Kier molecular flexibility index (Phi) is 5.10. The molecule has 0 spiro atoms. The number of rotatable bonds is 4. The normalized spacial score (nSPS) is 12.3. The van der Waals surface area contributed by atoms with Crippen LogP contribution in [0.15, 0.2) is 24.3 Å². The number of amides is 2. The van der Waals surface area contributed by atoms with E-state index >= 15 is 0 Å². The van der Waals surface area contributed by atoms with Gasteiger partial charge in [-0.15, -0.1) is 0 Å². The number of hydrogen-bond donors (Lipinski definition) is 1. The molecular formula is C15H22N2O2. The summed E-state index contributed by atoms with van der Waals surface area (Å²) in [5.74, 6) is -1.27. The van der Waals surface area contributed by atoms with Gasteiger partial charge in [-0.3, -0.25) is 9.59 Å². The summed E-state index contributed by atoms with van der Waals surface area (Å²) < 4.78 is 0. The van der Waals surface area contributed by atoms with E-state index in [1.807, 2.05) is 52.0 Å². The molecule has 1 atom stereocenters. The molecular weight excluding hydrogens is 240 g/mol. The zero-order valence-electron chi connectivity index (χ0n) is 12.0. The Morgan fingerprint density at radius 1 is 1.21 bits per heavy atom. The fourth-order valence-corrected chi connectivity index (χ4v) is 1.87. The van der Waals surface area contributed by atoms with Crippen LogP contribution in [-0.4, -0.2) is 22.8 Å². The molecule has 1 aromatic rings. The molecule has 0 aliphatic heterocycles. The second kappa shape index (κ2) is 6.36. The lowest BCUT2D eigenvalue weighted by Gasteiger charge is -2.31. The van der Waals surface area contributed by atoms with Crippen molar-refractivity contribution in [3.63, 3.8) is 0 Å². The minimum Gasteiger partial charge on any atom is -0.361 e. The summed E-state index contributed by atoms with van der Waals surface area (Å²) in [4.78, 5) is 24.7. The number of benzene rings is 1. The van der Waals surface area contributed by atoms with Gasteiger partial charge in [-0.05, 0) is 30.9 Å². The standard InChI is InChI=1S/C15H22N2O2/c1-10(2)12(4)17(15(19)14(16)18)9-13-8-6-5-7-11(13)3/h5-8,10,12H,9H2,1-4H3,(H2,16,18)/t12-/m0/s1. The first-order valence-electron chi connectivity index (χ1n) is 6.49. The van der Waals surface area contributed by atoms with Crippen LogP contribution in [0.4, 0.5) is 0 Å². The van der Waals surface area contributed by atoms with Gasteiger partial charge < -0.3 is 10.6 Å². The lowest BCUT2D eigenvalue weighted by Crippen LogP contribution is -2.46. The van der Waals surface area contributed by atoms with Gasteiger partial charge in [-0.25, -0.2) is 0 Å². The lowest BCUT2D eigenvalue weighted by molar-refractivity contribution is -0.146. The van der Waals surface area contributed by atoms with Crippen LogP contribution < -0.4 is 5.73 Å². The van der Waals surface area contributed by atoms with Crippen LogP contribution in [0, 0.1) is 12.8 Å². The van der Waals surface area contributed by atoms with Crippen LogP contribution in [0.1, 0.15) is 31.9 Å². The van der Waals surface area contributed by atoms with E-state index in [9.17, 15) is 9.59 Å². The molecule has 0 saturated heterocycles. The van der Waals surface area contributed by atoms with Gasteiger partial charge in [-0.1, -0.05) is 38.1 Å². The van der Waals surface area contributed by atoms with E-state index in [0.717, 1.165) is 11.1 Å². The molecule has 19 heavy (non-hydrogen) atoms. The van der Waals surface area contributed by atoms with E-state index in [1.165, 1.54) is 0 Å². The number of carbonyl (C=O) groups is 2. The summed E-state index contributed by atoms with van der Waals surface area (Å²) in [5, 5.41) is 0. The molecule has 0 heterocycles. The third-order valence-electron chi connectivity index (χ3n) is 3.53. The molecule has 0 aliphatic rings. The van der Waals surface area contributed by atoms with Crippen molar-refractivity contribution in [3.05, 3.63) is 35.4 Å². The van der Waals surface area contributed by atoms with Crippen molar-refractivity contribution < 1.29 is 9.59 Å². The van der Waals surface area contributed by atoms with Gasteiger partial charge in [0.05, 0.1) is 0 Å². The molecule has 0 aliphatic carbocycles. The van der Waals surface area contributed by atoms with Crippen LogP contribution in [0.2, 0.25) is 0 Å². The SMILES string of the molecule is Cc1ccccc1CN(C(=O)C(N)=O)[C@@H](C)C(C)C. The Hall–Kier alpha value is -1.84. The lowest BCUT2D eigenvalue weighted by atomic mass is 10.0. The highest BCUT2D eigenvalue weighted by Crippen LogP contribution is 2.17. The molecule has 4 heteroatoms. The smallest absolute Gasteiger partial charge is 0.312 e. The minimum absolute atomic E-state index is 0.0420. The number of carbonyl (C=O) groups excluding carboxylic acids is 2. The second-order valence-electron chi connectivity index (χ2n) is 5.21. The maximum atomic E-state index is 12.0. The molecule has 104 valence electrons. The fourth-order valence-electron chi connectivity index (χ4n) is 1.87. The first kappa shape index (κ1) is 15.2. The van der Waals surface area contributed by atoms with E-state index in [1.54, 1.807) is 4.90 Å². The van der Waals surface area contributed by atoms with E-state index in [-0.39, 0.29) is 12.0 Å². The molecule has 0 unspecified atom stereocenters. The third kappa shape index (κ3) is 3.81.